The summed E-state index contributed by atoms with van der Waals surface area (Å²) >= 11 is 2.91. The lowest BCUT2D eigenvalue weighted by Crippen LogP contribution is -2.27. The maximum absolute atomic E-state index is 12.3. The Kier molecular flexibility index (Phi) is 6.36. The molecule has 0 saturated heterocycles. The molecule has 0 unspecified atom stereocenters. The first kappa shape index (κ1) is 19.2. The smallest absolute Gasteiger partial charge is 0.233 e. The second-order valence-electron chi connectivity index (χ2n) is 5.75. The van der Waals surface area contributed by atoms with Crippen LogP contribution in [0.3, 0.4) is 0 Å². The van der Waals surface area contributed by atoms with Gasteiger partial charge >= 0.3 is 0 Å². The maximum Gasteiger partial charge on any atom is 0.233 e. The second kappa shape index (κ2) is 8.92. The summed E-state index contributed by atoms with van der Waals surface area (Å²) in [4.78, 5) is 15.2. The number of hydrogen-bond donors (Lipinski definition) is 1. The van der Waals surface area contributed by atoms with Crippen molar-refractivity contribution in [2.24, 2.45) is 0 Å². The minimum atomic E-state index is 0.0130. The highest BCUT2D eigenvalue weighted by Gasteiger charge is 2.16. The number of nitrogen functional groups attached to an aromatic ring is 1. The summed E-state index contributed by atoms with van der Waals surface area (Å²) in [5.74, 6) is 7.72. The number of carbonyl (C=O) groups excluding carboxylic acids is 1. The molecule has 27 heavy (non-hydrogen) atoms. The monoisotopic (exact) mass is 403 g/mol. The number of amides is 1. The van der Waals surface area contributed by atoms with Crippen LogP contribution in [-0.2, 0) is 11.3 Å². The Labute approximate surface area is 166 Å². The van der Waals surface area contributed by atoms with Gasteiger partial charge in [0.25, 0.3) is 0 Å². The Morgan fingerprint density at radius 3 is 2.74 bits per heavy atom. The van der Waals surface area contributed by atoms with E-state index < -0.39 is 0 Å². The van der Waals surface area contributed by atoms with Gasteiger partial charge in [0.15, 0.2) is 5.82 Å². The molecule has 142 valence electrons. The van der Waals surface area contributed by atoms with E-state index in [-0.39, 0.29) is 11.7 Å². The molecule has 2 N–H and O–H groups in total. The zero-order chi connectivity index (χ0) is 19.2. The molecule has 2 aromatic heterocycles. The van der Waals surface area contributed by atoms with E-state index in [0.29, 0.717) is 24.1 Å². The number of ether oxygens (including phenoxy) is 1. The van der Waals surface area contributed by atoms with Gasteiger partial charge in [-0.15, -0.1) is 21.5 Å². The molecule has 0 aliphatic carbocycles. The fraction of sp³-hybridized carbons (Fsp3) is 0.278. The predicted octanol–water partition coefficient (Wildman–Crippen LogP) is 2.87. The molecule has 2 heterocycles. The fourth-order valence-corrected chi connectivity index (χ4v) is 3.95. The first-order valence-electron chi connectivity index (χ1n) is 8.41. The first-order valence-corrected chi connectivity index (χ1v) is 10.3. The molecule has 3 aromatic rings. The van der Waals surface area contributed by atoms with Gasteiger partial charge in [0, 0.05) is 17.5 Å². The molecule has 0 spiro atoms. The Hall–Kier alpha value is -2.52. The van der Waals surface area contributed by atoms with Crippen molar-refractivity contribution in [2.75, 3.05) is 25.3 Å². The number of benzene rings is 1. The Bertz CT molecular complexity index is 878. The van der Waals surface area contributed by atoms with Crippen molar-refractivity contribution in [1.29, 1.82) is 0 Å². The van der Waals surface area contributed by atoms with Gasteiger partial charge in [0.05, 0.1) is 18.9 Å². The van der Waals surface area contributed by atoms with Crippen LogP contribution in [0.25, 0.3) is 11.4 Å². The summed E-state index contributed by atoms with van der Waals surface area (Å²) < 4.78 is 6.85. The van der Waals surface area contributed by atoms with E-state index in [1.807, 2.05) is 48.7 Å². The van der Waals surface area contributed by atoms with Crippen LogP contribution in [0.4, 0.5) is 0 Å². The topological polar surface area (TPSA) is 86.3 Å². The molecular weight excluding hydrogens is 382 g/mol. The molecule has 0 atom stereocenters. The van der Waals surface area contributed by atoms with Crippen molar-refractivity contribution in [3.63, 3.8) is 0 Å². The van der Waals surface area contributed by atoms with Gasteiger partial charge in [-0.1, -0.05) is 17.8 Å². The number of nitrogens with two attached hydrogens (primary N) is 1. The van der Waals surface area contributed by atoms with E-state index in [0.717, 1.165) is 16.2 Å². The van der Waals surface area contributed by atoms with E-state index in [9.17, 15) is 4.79 Å². The van der Waals surface area contributed by atoms with Crippen molar-refractivity contribution in [3.8, 4) is 17.1 Å². The molecule has 0 bridgehead atoms. The van der Waals surface area contributed by atoms with Crippen LogP contribution in [0.5, 0.6) is 5.75 Å². The van der Waals surface area contributed by atoms with Gasteiger partial charge in [-0.2, -0.15) is 0 Å². The van der Waals surface area contributed by atoms with E-state index in [1.54, 1.807) is 23.3 Å². The van der Waals surface area contributed by atoms with Crippen molar-refractivity contribution < 1.29 is 9.53 Å². The number of thiophene rings is 1. The van der Waals surface area contributed by atoms with Crippen LogP contribution >= 0.6 is 23.1 Å². The van der Waals surface area contributed by atoms with Crippen molar-refractivity contribution in [3.05, 3.63) is 46.7 Å². The van der Waals surface area contributed by atoms with Crippen LogP contribution in [0, 0.1) is 0 Å². The largest absolute Gasteiger partial charge is 0.494 e. The Morgan fingerprint density at radius 2 is 2.07 bits per heavy atom. The normalized spacial score (nSPS) is 10.7. The molecule has 0 saturated carbocycles. The molecular formula is C18H21N5O2S2. The van der Waals surface area contributed by atoms with Crippen LogP contribution in [0.15, 0.2) is 46.9 Å². The molecule has 1 amide bonds. The predicted molar refractivity (Wildman–Crippen MR) is 108 cm³/mol. The minimum absolute atomic E-state index is 0.0130. The fourth-order valence-electron chi connectivity index (χ4n) is 2.40. The van der Waals surface area contributed by atoms with Crippen LogP contribution < -0.4 is 10.6 Å². The third kappa shape index (κ3) is 4.81. The third-order valence-corrected chi connectivity index (χ3v) is 5.60. The zero-order valence-corrected chi connectivity index (χ0v) is 16.8. The van der Waals surface area contributed by atoms with Crippen LogP contribution in [-0.4, -0.2) is 45.1 Å². The van der Waals surface area contributed by atoms with Gasteiger partial charge in [-0.3, -0.25) is 4.79 Å². The highest BCUT2D eigenvalue weighted by Crippen LogP contribution is 2.24. The average Bonchev–Trinajstić information content (AvgIpc) is 3.30. The van der Waals surface area contributed by atoms with E-state index >= 15 is 0 Å². The van der Waals surface area contributed by atoms with Gasteiger partial charge in [0.1, 0.15) is 5.75 Å². The highest BCUT2D eigenvalue weighted by atomic mass is 32.2. The van der Waals surface area contributed by atoms with Crippen molar-refractivity contribution in [2.45, 2.75) is 18.6 Å². The Morgan fingerprint density at radius 1 is 1.30 bits per heavy atom. The van der Waals surface area contributed by atoms with Gasteiger partial charge < -0.3 is 15.5 Å². The number of nitrogens with zero attached hydrogens (tertiary/aromatic N) is 4. The second-order valence-corrected chi connectivity index (χ2v) is 7.73. The zero-order valence-electron chi connectivity index (χ0n) is 15.2. The summed E-state index contributed by atoms with van der Waals surface area (Å²) in [7, 11) is 1.79. The average molecular weight is 404 g/mol. The lowest BCUT2D eigenvalue weighted by molar-refractivity contribution is -0.127. The number of aromatic nitrogens is 3. The molecule has 0 radical (unpaired) electrons. The highest BCUT2D eigenvalue weighted by molar-refractivity contribution is 7.99. The van der Waals surface area contributed by atoms with E-state index in [2.05, 4.69) is 10.2 Å². The summed E-state index contributed by atoms with van der Waals surface area (Å²) in [5.41, 5.74) is 0.835. The maximum atomic E-state index is 12.3. The minimum Gasteiger partial charge on any atom is -0.494 e. The lowest BCUT2D eigenvalue weighted by Gasteiger charge is -2.15. The molecule has 0 fully saturated rings. The summed E-state index contributed by atoms with van der Waals surface area (Å²) in [5, 5.41) is 10.8. The third-order valence-electron chi connectivity index (χ3n) is 3.81. The van der Waals surface area contributed by atoms with E-state index in [4.69, 9.17) is 10.6 Å². The quantitative estimate of drug-likeness (QED) is 0.460. The SMILES string of the molecule is CCOc1ccc(-c2nnc(SCC(=O)N(C)Cc3cccs3)n2N)cc1. The molecule has 1 aromatic carbocycles. The summed E-state index contributed by atoms with van der Waals surface area (Å²) in [6.45, 7) is 3.15. The molecule has 9 heteroatoms. The van der Waals surface area contributed by atoms with Crippen molar-refractivity contribution in [1.82, 2.24) is 19.8 Å². The lowest BCUT2D eigenvalue weighted by atomic mass is 10.2. The van der Waals surface area contributed by atoms with Crippen LogP contribution in [0.1, 0.15) is 11.8 Å². The molecule has 7 nitrogen and oxygen atoms in total. The molecule has 0 aliphatic rings. The molecule has 0 aliphatic heterocycles. The summed E-state index contributed by atoms with van der Waals surface area (Å²) in [6.07, 6.45) is 0. The molecule has 3 rings (SSSR count). The standard InChI is InChI=1S/C18H21N5O2S2/c1-3-25-14-8-6-13(7-9-14)17-20-21-18(23(17)19)27-12-16(24)22(2)11-15-5-4-10-26-15/h4-10H,3,11-12,19H2,1-2H3. The Balaban J connectivity index is 1.60. The van der Waals surface area contributed by atoms with Crippen LogP contribution in [0.2, 0.25) is 0 Å². The first-order chi connectivity index (χ1) is 13.1. The van der Waals surface area contributed by atoms with E-state index in [1.165, 1.54) is 16.4 Å². The number of carbonyl (C=O) groups is 1. The number of rotatable bonds is 8. The summed E-state index contributed by atoms with van der Waals surface area (Å²) in [6, 6.07) is 11.5. The van der Waals surface area contributed by atoms with Crippen molar-refractivity contribution >= 4 is 29.0 Å². The number of hydrogen-bond acceptors (Lipinski definition) is 7. The van der Waals surface area contributed by atoms with Gasteiger partial charge in [0.2, 0.25) is 11.1 Å². The van der Waals surface area contributed by atoms with Gasteiger partial charge in [-0.25, -0.2) is 4.68 Å². The number of thioether (sulfide) groups is 1. The van der Waals surface area contributed by atoms with Gasteiger partial charge in [-0.05, 0) is 42.6 Å².